The molecule has 1 heterocycles. The average Bonchev–Trinajstić information content (AvgIpc) is 2.77. The number of nitrogens with zero attached hydrogens (tertiary/aromatic N) is 1. The molecule has 0 unspecified atom stereocenters. The fraction of sp³-hybridized carbons (Fsp3) is 0.182. The van der Waals surface area contributed by atoms with E-state index in [2.05, 4.69) is 10.3 Å². The van der Waals surface area contributed by atoms with Crippen LogP contribution in [0.15, 0.2) is 29.8 Å². The molecule has 84 valence electrons. The fourth-order valence-corrected chi connectivity index (χ4v) is 1.95. The lowest BCUT2D eigenvalue weighted by Crippen LogP contribution is -2.12. The van der Waals surface area contributed by atoms with E-state index in [1.807, 2.05) is 5.38 Å². The summed E-state index contributed by atoms with van der Waals surface area (Å²) in [5.41, 5.74) is 0.677. The van der Waals surface area contributed by atoms with Crippen molar-refractivity contribution in [2.75, 3.05) is 0 Å². The Morgan fingerprint density at radius 3 is 2.88 bits per heavy atom. The van der Waals surface area contributed by atoms with Gasteiger partial charge in [-0.15, -0.1) is 11.3 Å². The molecule has 0 aliphatic rings. The smallest absolute Gasteiger partial charge is 0.161 e. The van der Waals surface area contributed by atoms with Crippen molar-refractivity contribution in [2.24, 2.45) is 0 Å². The van der Waals surface area contributed by atoms with Gasteiger partial charge in [-0.3, -0.25) is 0 Å². The Morgan fingerprint density at radius 1 is 1.25 bits per heavy atom. The van der Waals surface area contributed by atoms with Crippen molar-refractivity contribution < 1.29 is 10.2 Å². The summed E-state index contributed by atoms with van der Waals surface area (Å²) >= 11 is 1.58. The van der Waals surface area contributed by atoms with Crippen LogP contribution in [0.2, 0.25) is 0 Å². The third-order valence-electron chi connectivity index (χ3n) is 2.17. The van der Waals surface area contributed by atoms with E-state index in [0.29, 0.717) is 18.7 Å². The second-order valence-corrected chi connectivity index (χ2v) is 4.29. The zero-order valence-corrected chi connectivity index (χ0v) is 9.37. The molecule has 0 fully saturated rings. The number of aromatic nitrogens is 1. The molecule has 0 aliphatic heterocycles. The predicted octanol–water partition coefficient (Wildman–Crippen LogP) is 1.84. The summed E-state index contributed by atoms with van der Waals surface area (Å²) in [5, 5.41) is 24.9. The van der Waals surface area contributed by atoms with E-state index in [1.54, 1.807) is 29.7 Å². The van der Waals surface area contributed by atoms with E-state index < -0.39 is 0 Å². The van der Waals surface area contributed by atoms with Crippen LogP contribution in [0.4, 0.5) is 0 Å². The van der Waals surface area contributed by atoms with Crippen molar-refractivity contribution in [3.63, 3.8) is 0 Å². The molecular weight excluding hydrogens is 224 g/mol. The van der Waals surface area contributed by atoms with E-state index in [4.69, 9.17) is 0 Å². The molecule has 1 aromatic heterocycles. The molecule has 2 aromatic rings. The first-order valence-corrected chi connectivity index (χ1v) is 5.74. The number of phenolic OH excluding ortho intramolecular Hbond substituents is 2. The van der Waals surface area contributed by atoms with E-state index in [-0.39, 0.29) is 11.5 Å². The highest BCUT2D eigenvalue weighted by Crippen LogP contribution is 2.27. The first kappa shape index (κ1) is 10.9. The largest absolute Gasteiger partial charge is 0.504 e. The van der Waals surface area contributed by atoms with Crippen LogP contribution < -0.4 is 5.32 Å². The summed E-state index contributed by atoms with van der Waals surface area (Å²) in [7, 11) is 0. The third-order valence-corrected chi connectivity index (χ3v) is 2.95. The zero-order valence-electron chi connectivity index (χ0n) is 8.55. The summed E-state index contributed by atoms with van der Waals surface area (Å²) in [6.45, 7) is 1.16. The number of benzene rings is 1. The van der Waals surface area contributed by atoms with Crippen LogP contribution in [-0.4, -0.2) is 15.2 Å². The Labute approximate surface area is 97.2 Å². The van der Waals surface area contributed by atoms with Gasteiger partial charge in [0.25, 0.3) is 0 Å². The van der Waals surface area contributed by atoms with Crippen molar-refractivity contribution in [1.29, 1.82) is 0 Å². The van der Waals surface area contributed by atoms with Crippen molar-refractivity contribution in [3.8, 4) is 11.5 Å². The molecule has 1 aromatic carbocycles. The SMILES string of the molecule is Oc1cccc(CNCc2nccs2)c1O. The molecule has 0 amide bonds. The molecule has 5 heteroatoms. The van der Waals surface area contributed by atoms with Crippen molar-refractivity contribution >= 4 is 11.3 Å². The Morgan fingerprint density at radius 2 is 2.12 bits per heavy atom. The molecule has 0 saturated carbocycles. The van der Waals surface area contributed by atoms with Gasteiger partial charge in [-0.05, 0) is 6.07 Å². The minimum Gasteiger partial charge on any atom is -0.504 e. The summed E-state index contributed by atoms with van der Waals surface area (Å²) < 4.78 is 0. The van der Waals surface area contributed by atoms with Gasteiger partial charge in [0, 0.05) is 30.2 Å². The van der Waals surface area contributed by atoms with Crippen LogP contribution in [-0.2, 0) is 13.1 Å². The highest BCUT2D eigenvalue weighted by molar-refractivity contribution is 7.09. The van der Waals surface area contributed by atoms with Crippen LogP contribution in [0.1, 0.15) is 10.6 Å². The first-order valence-electron chi connectivity index (χ1n) is 4.86. The maximum absolute atomic E-state index is 9.55. The topological polar surface area (TPSA) is 65.4 Å². The van der Waals surface area contributed by atoms with E-state index in [1.165, 1.54) is 6.07 Å². The minimum atomic E-state index is -0.0893. The zero-order chi connectivity index (χ0) is 11.4. The van der Waals surface area contributed by atoms with Crippen LogP contribution in [0, 0.1) is 0 Å². The van der Waals surface area contributed by atoms with Crippen LogP contribution in [0.3, 0.4) is 0 Å². The maximum atomic E-state index is 9.55. The Bertz CT molecular complexity index is 457. The third kappa shape index (κ3) is 2.50. The lowest BCUT2D eigenvalue weighted by atomic mass is 10.2. The summed E-state index contributed by atoms with van der Waals surface area (Å²) in [6.07, 6.45) is 1.76. The van der Waals surface area contributed by atoms with Gasteiger partial charge in [-0.2, -0.15) is 0 Å². The second-order valence-electron chi connectivity index (χ2n) is 3.31. The highest BCUT2D eigenvalue weighted by atomic mass is 32.1. The number of aromatic hydroxyl groups is 2. The fourth-order valence-electron chi connectivity index (χ4n) is 1.36. The van der Waals surface area contributed by atoms with Gasteiger partial charge in [-0.1, -0.05) is 12.1 Å². The highest BCUT2D eigenvalue weighted by Gasteiger charge is 2.05. The average molecular weight is 236 g/mol. The first-order chi connectivity index (χ1) is 7.77. The number of para-hydroxylation sites is 1. The molecule has 0 bridgehead atoms. The summed E-state index contributed by atoms with van der Waals surface area (Å²) in [6, 6.07) is 4.93. The molecule has 0 radical (unpaired) electrons. The van der Waals surface area contributed by atoms with Gasteiger partial charge < -0.3 is 15.5 Å². The molecule has 16 heavy (non-hydrogen) atoms. The van der Waals surface area contributed by atoms with Gasteiger partial charge >= 0.3 is 0 Å². The number of nitrogens with one attached hydrogen (secondary N) is 1. The molecule has 3 N–H and O–H groups in total. The van der Waals surface area contributed by atoms with Crippen molar-refractivity contribution in [2.45, 2.75) is 13.1 Å². The van der Waals surface area contributed by atoms with E-state index in [9.17, 15) is 10.2 Å². The predicted molar refractivity (Wildman–Crippen MR) is 62.4 cm³/mol. The van der Waals surface area contributed by atoms with Crippen molar-refractivity contribution in [3.05, 3.63) is 40.3 Å². The summed E-state index contributed by atoms with van der Waals surface area (Å²) in [5.74, 6) is -0.150. The number of rotatable bonds is 4. The van der Waals surface area contributed by atoms with Gasteiger partial charge in [0.1, 0.15) is 5.01 Å². The Balaban J connectivity index is 1.92. The van der Waals surface area contributed by atoms with Gasteiger partial charge in [0.2, 0.25) is 0 Å². The molecule has 0 aliphatic carbocycles. The van der Waals surface area contributed by atoms with Crippen LogP contribution in [0.25, 0.3) is 0 Å². The van der Waals surface area contributed by atoms with Crippen LogP contribution >= 0.6 is 11.3 Å². The lowest BCUT2D eigenvalue weighted by molar-refractivity contribution is 0.397. The quantitative estimate of drug-likeness (QED) is 0.709. The van der Waals surface area contributed by atoms with Crippen molar-refractivity contribution in [1.82, 2.24) is 10.3 Å². The molecule has 0 atom stereocenters. The van der Waals surface area contributed by atoms with Gasteiger partial charge in [0.15, 0.2) is 11.5 Å². The monoisotopic (exact) mass is 236 g/mol. The van der Waals surface area contributed by atoms with E-state index >= 15 is 0 Å². The molecule has 0 spiro atoms. The number of hydrogen-bond acceptors (Lipinski definition) is 5. The maximum Gasteiger partial charge on any atom is 0.161 e. The summed E-state index contributed by atoms with van der Waals surface area (Å²) in [4.78, 5) is 4.13. The number of thiazole rings is 1. The van der Waals surface area contributed by atoms with Gasteiger partial charge in [0.05, 0.1) is 0 Å². The molecule has 0 saturated heterocycles. The van der Waals surface area contributed by atoms with Gasteiger partial charge in [-0.25, -0.2) is 4.98 Å². The van der Waals surface area contributed by atoms with Crippen LogP contribution in [0.5, 0.6) is 11.5 Å². The van der Waals surface area contributed by atoms with E-state index in [0.717, 1.165) is 5.01 Å². The molecular formula is C11H12N2O2S. The molecule has 2 rings (SSSR count). The Kier molecular flexibility index (Phi) is 3.38. The number of hydrogen-bond donors (Lipinski definition) is 3. The Hall–Kier alpha value is -1.59. The minimum absolute atomic E-state index is 0.0610. The lowest BCUT2D eigenvalue weighted by Gasteiger charge is -2.06. The second kappa shape index (κ2) is 4.96. The standard InChI is InChI=1S/C11H12N2O2S/c14-9-3-1-2-8(11(9)15)6-12-7-10-13-4-5-16-10/h1-5,12,14-15H,6-7H2. The molecule has 4 nitrogen and oxygen atoms in total. The number of phenols is 2. The normalized spacial score (nSPS) is 10.5.